The molecule has 6 atom stereocenters. The molecular weight excluding hydrogens is 548 g/mol. The van der Waals surface area contributed by atoms with E-state index in [0.29, 0.717) is 31.8 Å². The first-order valence-corrected chi connectivity index (χ1v) is 17.8. The molecule has 2 aliphatic heterocycles. The van der Waals surface area contributed by atoms with Gasteiger partial charge in [-0.3, -0.25) is 15.5 Å². The van der Waals surface area contributed by atoms with Gasteiger partial charge in [-0.1, -0.05) is 45.4 Å². The molecule has 0 aromatic heterocycles. The minimum Gasteiger partial charge on any atom is -0.390 e. The molecular formula is C33H58N4O4S. The van der Waals surface area contributed by atoms with Crippen LogP contribution >= 0.6 is 0 Å². The Kier molecular flexibility index (Phi) is 11.2. The van der Waals surface area contributed by atoms with Crippen LogP contribution in [0.3, 0.4) is 0 Å². The van der Waals surface area contributed by atoms with Crippen molar-refractivity contribution in [2.24, 2.45) is 11.3 Å². The summed E-state index contributed by atoms with van der Waals surface area (Å²) < 4.78 is 37.2. The summed E-state index contributed by atoms with van der Waals surface area (Å²) in [6, 6.07) is 6.52. The average molecular weight is 607 g/mol. The van der Waals surface area contributed by atoms with Crippen molar-refractivity contribution in [2.45, 2.75) is 142 Å². The van der Waals surface area contributed by atoms with Crippen molar-refractivity contribution in [3.63, 3.8) is 0 Å². The molecule has 0 radical (unpaired) electrons. The second kappa shape index (κ2) is 13.9. The third-order valence-electron chi connectivity index (χ3n) is 9.35. The Morgan fingerprint density at radius 1 is 1.02 bits per heavy atom. The lowest BCUT2D eigenvalue weighted by atomic mass is 9.85. The zero-order valence-corrected chi connectivity index (χ0v) is 28.0. The summed E-state index contributed by atoms with van der Waals surface area (Å²) in [6.07, 6.45) is 6.95. The maximum absolute atomic E-state index is 13.8. The largest absolute Gasteiger partial charge is 0.390 e. The Bertz CT molecular complexity index is 1110. The normalized spacial score (nSPS) is 31.5. The molecule has 4 N–H and O–H groups in total. The highest BCUT2D eigenvalue weighted by molar-refractivity contribution is 7.90. The van der Waals surface area contributed by atoms with E-state index in [1.165, 1.54) is 16.7 Å². The molecule has 3 aliphatic rings. The third kappa shape index (κ3) is 9.71. The predicted molar refractivity (Wildman–Crippen MR) is 170 cm³/mol. The number of hydrogen-bond acceptors (Lipinski definition) is 7. The van der Waals surface area contributed by atoms with E-state index < -0.39 is 27.2 Å². The number of aliphatic hydroxyl groups is 1. The number of aryl methyl sites for hydroxylation is 2. The maximum atomic E-state index is 13.8. The number of nitrogens with one attached hydrogen (secondary N) is 3. The van der Waals surface area contributed by atoms with E-state index in [9.17, 15) is 13.5 Å². The lowest BCUT2D eigenvalue weighted by Gasteiger charge is -2.41. The van der Waals surface area contributed by atoms with Crippen LogP contribution in [0.4, 0.5) is 0 Å². The van der Waals surface area contributed by atoms with Crippen LogP contribution < -0.4 is 15.4 Å². The lowest BCUT2D eigenvalue weighted by molar-refractivity contribution is -0.0504. The van der Waals surface area contributed by atoms with E-state index in [4.69, 9.17) is 4.74 Å². The molecule has 42 heavy (non-hydrogen) atoms. The number of nitrogens with zero attached hydrogens (tertiary/aromatic N) is 1. The first kappa shape index (κ1) is 33.8. The Hall–Kier alpha value is -1.07. The standard InChI is InChI=1S/C33H58N4O4S/c1-23-12-10-13-24(2)30(23)28-19-29-35-31(34-28)36-42(39,40)27-15-11-14-25(18-27)21-37(17-9-8-16-33(6,7)38)26(22-41-29)20-32(3,4)5/h10,12-13,25-29,31,34-36,38H,8-9,11,14-22H2,1-7H3/t25?,26-,27?,28?,29?,31?/m1/s1. The Balaban J connectivity index is 1.64. The molecule has 4 bridgehead atoms. The second-order valence-electron chi connectivity index (χ2n) is 15.2. The number of fused-ring (bicyclic) bond motifs is 4. The highest BCUT2D eigenvalue weighted by Crippen LogP contribution is 2.34. The van der Waals surface area contributed by atoms with Crippen LogP contribution in [0.15, 0.2) is 18.2 Å². The van der Waals surface area contributed by atoms with Gasteiger partial charge in [0.25, 0.3) is 0 Å². The smallest absolute Gasteiger partial charge is 0.216 e. The van der Waals surface area contributed by atoms with Gasteiger partial charge in [0.2, 0.25) is 10.0 Å². The van der Waals surface area contributed by atoms with Gasteiger partial charge in [-0.15, -0.1) is 0 Å². The third-order valence-corrected chi connectivity index (χ3v) is 11.2. The molecule has 2 saturated heterocycles. The fraction of sp³-hybridized carbons (Fsp3) is 0.818. The van der Waals surface area contributed by atoms with Crippen molar-refractivity contribution in [3.05, 3.63) is 34.9 Å². The van der Waals surface area contributed by atoms with Gasteiger partial charge in [0.15, 0.2) is 0 Å². The van der Waals surface area contributed by atoms with Gasteiger partial charge in [-0.25, -0.2) is 8.42 Å². The fourth-order valence-corrected chi connectivity index (χ4v) is 9.01. The van der Waals surface area contributed by atoms with Crippen molar-refractivity contribution < 1.29 is 18.3 Å². The number of benzene rings is 1. The summed E-state index contributed by atoms with van der Waals surface area (Å²) in [5.41, 5.74) is 3.09. The van der Waals surface area contributed by atoms with Gasteiger partial charge < -0.3 is 9.84 Å². The molecule has 1 aliphatic carbocycles. The Morgan fingerprint density at radius 2 is 1.74 bits per heavy atom. The Morgan fingerprint density at radius 3 is 2.40 bits per heavy atom. The van der Waals surface area contributed by atoms with Crippen molar-refractivity contribution in [2.75, 3.05) is 19.7 Å². The van der Waals surface area contributed by atoms with Crippen LogP contribution in [-0.2, 0) is 14.8 Å². The summed E-state index contributed by atoms with van der Waals surface area (Å²) in [4.78, 5) is 2.60. The lowest BCUT2D eigenvalue weighted by Crippen LogP contribution is -2.64. The average Bonchev–Trinajstić information content (AvgIpc) is 2.87. The Labute approximate surface area is 255 Å². The number of unbranched alkanes of at least 4 members (excludes halogenated alkanes) is 1. The predicted octanol–water partition coefficient (Wildman–Crippen LogP) is 5.09. The molecule has 4 rings (SSSR count). The summed E-state index contributed by atoms with van der Waals surface area (Å²) >= 11 is 0. The first-order valence-electron chi connectivity index (χ1n) is 16.3. The van der Waals surface area contributed by atoms with E-state index in [1.807, 2.05) is 13.8 Å². The van der Waals surface area contributed by atoms with Crippen molar-refractivity contribution in [1.29, 1.82) is 0 Å². The van der Waals surface area contributed by atoms with E-state index in [0.717, 1.165) is 51.6 Å². The van der Waals surface area contributed by atoms with Crippen LogP contribution in [-0.4, -0.2) is 67.5 Å². The molecule has 1 saturated carbocycles. The second-order valence-corrected chi connectivity index (χ2v) is 17.2. The molecule has 3 fully saturated rings. The summed E-state index contributed by atoms with van der Waals surface area (Å²) in [7, 11) is -3.55. The summed E-state index contributed by atoms with van der Waals surface area (Å²) in [5.74, 6) is 0.334. The van der Waals surface area contributed by atoms with Gasteiger partial charge in [0, 0.05) is 25.0 Å². The van der Waals surface area contributed by atoms with Crippen LogP contribution in [0.5, 0.6) is 0 Å². The number of hydrogen-bond donors (Lipinski definition) is 4. The van der Waals surface area contributed by atoms with E-state index >= 15 is 0 Å². The SMILES string of the molecule is Cc1cccc(C)c1C1CC2NC(N1)NS(=O)(=O)C1CCCC(C1)CN(CCCCC(C)(C)O)[C@H](CC(C)(C)C)CO2. The van der Waals surface area contributed by atoms with Crippen molar-refractivity contribution in [1.82, 2.24) is 20.3 Å². The molecule has 9 heteroatoms. The quantitative estimate of drug-likeness (QED) is 0.321. The molecule has 0 amide bonds. The highest BCUT2D eigenvalue weighted by Gasteiger charge is 2.39. The molecule has 5 unspecified atom stereocenters. The van der Waals surface area contributed by atoms with Crippen LogP contribution in [0.25, 0.3) is 0 Å². The first-order chi connectivity index (χ1) is 19.6. The molecule has 0 spiro atoms. The van der Waals surface area contributed by atoms with Crippen LogP contribution in [0.2, 0.25) is 0 Å². The fourth-order valence-electron chi connectivity index (χ4n) is 7.35. The van der Waals surface area contributed by atoms with Crippen LogP contribution in [0, 0.1) is 25.2 Å². The van der Waals surface area contributed by atoms with E-state index in [-0.39, 0.29) is 23.7 Å². The number of sulfonamides is 1. The van der Waals surface area contributed by atoms with Gasteiger partial charge in [0.05, 0.1) is 17.5 Å². The van der Waals surface area contributed by atoms with Crippen molar-refractivity contribution in [3.8, 4) is 0 Å². The van der Waals surface area contributed by atoms with Crippen LogP contribution in [0.1, 0.15) is 115 Å². The molecule has 8 nitrogen and oxygen atoms in total. The molecule has 240 valence electrons. The van der Waals surface area contributed by atoms with E-state index in [1.54, 1.807) is 0 Å². The highest BCUT2D eigenvalue weighted by atomic mass is 32.2. The topological polar surface area (TPSA) is 103 Å². The van der Waals surface area contributed by atoms with Gasteiger partial charge in [-0.05, 0) is 107 Å². The minimum atomic E-state index is -3.55. The number of ether oxygens (including phenoxy) is 1. The van der Waals surface area contributed by atoms with Gasteiger partial charge >= 0.3 is 0 Å². The summed E-state index contributed by atoms with van der Waals surface area (Å²) in [5, 5.41) is 16.9. The van der Waals surface area contributed by atoms with Gasteiger partial charge in [-0.2, -0.15) is 4.72 Å². The minimum absolute atomic E-state index is 0.0339. The molecule has 1 aromatic carbocycles. The zero-order chi connectivity index (χ0) is 30.7. The molecule has 1 aromatic rings. The van der Waals surface area contributed by atoms with Gasteiger partial charge in [0.1, 0.15) is 12.5 Å². The maximum Gasteiger partial charge on any atom is 0.216 e. The number of rotatable bonds is 7. The van der Waals surface area contributed by atoms with Crippen molar-refractivity contribution >= 4 is 10.0 Å². The monoisotopic (exact) mass is 606 g/mol. The summed E-state index contributed by atoms with van der Waals surface area (Å²) in [6.45, 7) is 17.3. The van der Waals surface area contributed by atoms with E-state index in [2.05, 4.69) is 73.1 Å². The molecule has 2 heterocycles. The zero-order valence-electron chi connectivity index (χ0n) is 27.2.